The Hall–Kier alpha value is -2.28. The fourth-order valence-electron chi connectivity index (χ4n) is 1.78. The third-order valence-corrected chi connectivity index (χ3v) is 2.62. The van der Waals surface area contributed by atoms with Crippen molar-refractivity contribution in [2.24, 2.45) is 0 Å². The average Bonchev–Trinajstić information content (AvgIpc) is 2.40. The lowest BCUT2D eigenvalue weighted by molar-refractivity contribution is 0.482. The van der Waals surface area contributed by atoms with Crippen molar-refractivity contribution in [2.75, 3.05) is 0 Å². The lowest BCUT2D eigenvalue weighted by Gasteiger charge is -2.05. The molecular weight excluding hydrogens is 208 g/mol. The molecule has 0 aromatic heterocycles. The van der Waals surface area contributed by atoms with Crippen LogP contribution in [0.1, 0.15) is 0 Å². The third kappa shape index (κ3) is 2.13. The quantitative estimate of drug-likeness (QED) is 0.619. The molecule has 1 radical (unpaired) electrons. The highest BCUT2D eigenvalue weighted by Crippen LogP contribution is 2.24. The number of ether oxygens (including phenoxy) is 1. The Balaban J connectivity index is 1.96. The van der Waals surface area contributed by atoms with E-state index < -0.39 is 0 Å². The van der Waals surface area contributed by atoms with E-state index in [4.69, 9.17) is 4.74 Å². The van der Waals surface area contributed by atoms with Crippen molar-refractivity contribution < 1.29 is 4.74 Å². The smallest absolute Gasteiger partial charge is 0.136 e. The molecule has 1 heteroatoms. The van der Waals surface area contributed by atoms with E-state index in [0.29, 0.717) is 0 Å². The summed E-state index contributed by atoms with van der Waals surface area (Å²) in [5, 5.41) is 2.34. The molecule has 17 heavy (non-hydrogen) atoms. The minimum absolute atomic E-state index is 0.745. The monoisotopic (exact) mass is 219 g/mol. The summed E-state index contributed by atoms with van der Waals surface area (Å²) in [6.07, 6.45) is 0. The summed E-state index contributed by atoms with van der Waals surface area (Å²) in [5.41, 5.74) is 0. The number of hydrogen-bond donors (Lipinski definition) is 0. The summed E-state index contributed by atoms with van der Waals surface area (Å²) >= 11 is 0. The lowest BCUT2D eigenvalue weighted by Crippen LogP contribution is -1.83. The molecule has 0 N–H and O–H groups in total. The largest absolute Gasteiger partial charge is 0.457 e. The van der Waals surface area contributed by atoms with E-state index in [0.717, 1.165) is 16.9 Å². The molecule has 0 bridgehead atoms. The van der Waals surface area contributed by atoms with Crippen LogP contribution >= 0.6 is 0 Å². The van der Waals surface area contributed by atoms with Gasteiger partial charge in [0.25, 0.3) is 0 Å². The van der Waals surface area contributed by atoms with Crippen LogP contribution in [0.5, 0.6) is 11.5 Å². The van der Waals surface area contributed by atoms with E-state index in [9.17, 15) is 0 Å². The van der Waals surface area contributed by atoms with E-state index in [-0.39, 0.29) is 0 Å². The second-order valence-corrected chi connectivity index (χ2v) is 3.84. The fourth-order valence-corrected chi connectivity index (χ4v) is 1.78. The minimum atomic E-state index is 0.745. The molecule has 0 aliphatic carbocycles. The van der Waals surface area contributed by atoms with Gasteiger partial charge < -0.3 is 4.74 Å². The summed E-state index contributed by atoms with van der Waals surface area (Å²) in [5.74, 6) is 1.58. The van der Waals surface area contributed by atoms with Gasteiger partial charge in [0.2, 0.25) is 0 Å². The number of rotatable bonds is 2. The van der Waals surface area contributed by atoms with Crippen molar-refractivity contribution in [2.45, 2.75) is 0 Å². The predicted molar refractivity (Wildman–Crippen MR) is 69.3 cm³/mol. The van der Waals surface area contributed by atoms with Crippen LogP contribution in [-0.4, -0.2) is 0 Å². The van der Waals surface area contributed by atoms with Gasteiger partial charge in [-0.3, -0.25) is 0 Å². The Morgan fingerprint density at radius 1 is 0.765 bits per heavy atom. The Morgan fingerprint density at radius 2 is 1.47 bits per heavy atom. The predicted octanol–water partition coefficient (Wildman–Crippen LogP) is 4.43. The molecule has 0 fully saturated rings. The van der Waals surface area contributed by atoms with Crippen LogP contribution in [0.2, 0.25) is 0 Å². The molecule has 0 aliphatic rings. The maximum Gasteiger partial charge on any atom is 0.136 e. The van der Waals surface area contributed by atoms with Gasteiger partial charge in [-0.05, 0) is 35.0 Å². The molecule has 3 aromatic carbocycles. The Kier molecular flexibility index (Phi) is 2.51. The molecule has 0 heterocycles. The zero-order valence-electron chi connectivity index (χ0n) is 9.26. The molecule has 81 valence electrons. The normalized spacial score (nSPS) is 10.4. The summed E-state index contributed by atoms with van der Waals surface area (Å²) in [4.78, 5) is 0. The number of para-hydroxylation sites is 1. The molecule has 0 saturated heterocycles. The van der Waals surface area contributed by atoms with Gasteiger partial charge in [-0.2, -0.15) is 0 Å². The molecule has 0 aliphatic heterocycles. The van der Waals surface area contributed by atoms with Crippen LogP contribution in [0.25, 0.3) is 10.8 Å². The summed E-state index contributed by atoms with van der Waals surface area (Å²) in [7, 11) is 0. The Labute approximate surface area is 100 Å². The van der Waals surface area contributed by atoms with Gasteiger partial charge in [-0.15, -0.1) is 0 Å². The standard InChI is InChI=1S/C16H11O/c1-2-8-15(9-3-1)17-16-11-10-13-6-4-5-7-14(13)12-16/h1-10,12H. The topological polar surface area (TPSA) is 9.23 Å². The van der Waals surface area contributed by atoms with E-state index in [1.54, 1.807) is 0 Å². The second kappa shape index (κ2) is 4.30. The van der Waals surface area contributed by atoms with Gasteiger partial charge in [-0.25, -0.2) is 0 Å². The lowest BCUT2D eigenvalue weighted by atomic mass is 10.1. The van der Waals surface area contributed by atoms with Crippen molar-refractivity contribution >= 4 is 10.8 Å². The number of benzene rings is 3. The number of hydrogen-bond acceptors (Lipinski definition) is 1. The summed E-state index contributed by atoms with van der Waals surface area (Å²) in [6.45, 7) is 0. The molecule has 3 rings (SSSR count). The van der Waals surface area contributed by atoms with Crippen LogP contribution in [0.4, 0.5) is 0 Å². The van der Waals surface area contributed by atoms with Crippen LogP contribution < -0.4 is 4.74 Å². The van der Waals surface area contributed by atoms with E-state index in [1.807, 2.05) is 54.6 Å². The number of fused-ring (bicyclic) bond motifs is 1. The SMILES string of the molecule is [c]1cc2ccccc2cc1Oc1ccccc1. The van der Waals surface area contributed by atoms with Gasteiger partial charge >= 0.3 is 0 Å². The average molecular weight is 219 g/mol. The van der Waals surface area contributed by atoms with E-state index >= 15 is 0 Å². The van der Waals surface area contributed by atoms with Gasteiger partial charge in [0.1, 0.15) is 11.5 Å². The van der Waals surface area contributed by atoms with E-state index in [1.165, 1.54) is 5.39 Å². The molecule has 3 aromatic rings. The van der Waals surface area contributed by atoms with E-state index in [2.05, 4.69) is 18.2 Å². The van der Waals surface area contributed by atoms with Crippen molar-refractivity contribution in [3.8, 4) is 11.5 Å². The van der Waals surface area contributed by atoms with Crippen molar-refractivity contribution in [1.29, 1.82) is 0 Å². The Bertz CT molecular complexity index is 629. The Morgan fingerprint density at radius 3 is 2.29 bits per heavy atom. The first-order valence-electron chi connectivity index (χ1n) is 5.55. The molecule has 1 nitrogen and oxygen atoms in total. The van der Waals surface area contributed by atoms with Crippen LogP contribution in [0.15, 0.2) is 66.7 Å². The zero-order chi connectivity index (χ0) is 11.5. The van der Waals surface area contributed by atoms with Crippen molar-refractivity contribution in [3.63, 3.8) is 0 Å². The van der Waals surface area contributed by atoms with Gasteiger partial charge in [0.15, 0.2) is 0 Å². The van der Waals surface area contributed by atoms with Crippen molar-refractivity contribution in [3.05, 3.63) is 72.8 Å². The second-order valence-electron chi connectivity index (χ2n) is 3.84. The fraction of sp³-hybridized carbons (Fsp3) is 0. The van der Waals surface area contributed by atoms with Crippen LogP contribution in [0, 0.1) is 6.07 Å². The summed E-state index contributed by atoms with van der Waals surface area (Å²) in [6, 6.07) is 25.0. The van der Waals surface area contributed by atoms with Crippen LogP contribution in [-0.2, 0) is 0 Å². The first kappa shape index (κ1) is 9.91. The molecular formula is C16H11O. The highest BCUT2D eigenvalue weighted by Gasteiger charge is 1.98. The zero-order valence-corrected chi connectivity index (χ0v) is 9.26. The van der Waals surface area contributed by atoms with Crippen molar-refractivity contribution in [1.82, 2.24) is 0 Å². The highest BCUT2D eigenvalue weighted by atomic mass is 16.5. The summed E-state index contributed by atoms with van der Waals surface area (Å²) < 4.78 is 5.73. The minimum Gasteiger partial charge on any atom is -0.457 e. The van der Waals surface area contributed by atoms with Gasteiger partial charge in [0.05, 0.1) is 0 Å². The highest BCUT2D eigenvalue weighted by molar-refractivity contribution is 5.83. The molecule has 0 amide bonds. The first-order valence-corrected chi connectivity index (χ1v) is 5.55. The molecule has 0 atom stereocenters. The molecule has 0 unspecified atom stereocenters. The molecule has 0 spiro atoms. The van der Waals surface area contributed by atoms with Crippen LogP contribution in [0.3, 0.4) is 0 Å². The molecule has 0 saturated carbocycles. The first-order chi connectivity index (χ1) is 8.42. The van der Waals surface area contributed by atoms with Gasteiger partial charge in [-0.1, -0.05) is 42.5 Å². The van der Waals surface area contributed by atoms with Gasteiger partial charge in [0, 0.05) is 6.07 Å². The maximum atomic E-state index is 5.73. The maximum absolute atomic E-state index is 5.73. The third-order valence-electron chi connectivity index (χ3n) is 2.62.